The van der Waals surface area contributed by atoms with Crippen LogP contribution in [0.3, 0.4) is 0 Å². The van der Waals surface area contributed by atoms with Gasteiger partial charge in [0.2, 0.25) is 0 Å². The standard InChI is InChI=1S/C21H31ClO5S/c1-13(23)4-2-5-14(24)8-10-17-16(18(22)12-19(17)25)7-3-6-15-9-11-20(28-15)21(26)27/h8-11,13-14,16-19,23-25H,2-7,12H2,1H3,(H,26,27)/t13-,14-,16+,17-,18-,19+/m0/s1. The molecule has 1 aliphatic rings. The number of carbonyl (C=O) groups is 1. The van der Waals surface area contributed by atoms with Gasteiger partial charge in [0.1, 0.15) is 4.88 Å². The average Bonchev–Trinajstić information content (AvgIpc) is 3.18. The molecule has 0 bridgehead atoms. The summed E-state index contributed by atoms with van der Waals surface area (Å²) >= 11 is 7.77. The fraction of sp³-hybridized carbons (Fsp3) is 0.667. The highest BCUT2D eigenvalue weighted by molar-refractivity contribution is 7.13. The molecule has 0 radical (unpaired) electrons. The van der Waals surface area contributed by atoms with Gasteiger partial charge >= 0.3 is 5.97 Å². The monoisotopic (exact) mass is 430 g/mol. The van der Waals surface area contributed by atoms with Gasteiger partial charge in [0.05, 0.1) is 18.3 Å². The van der Waals surface area contributed by atoms with E-state index in [1.54, 1.807) is 19.1 Å². The third-order valence-electron chi connectivity index (χ3n) is 5.38. The lowest BCUT2D eigenvalue weighted by Crippen LogP contribution is -2.19. The van der Waals surface area contributed by atoms with E-state index >= 15 is 0 Å². The van der Waals surface area contributed by atoms with Gasteiger partial charge in [-0.25, -0.2) is 4.79 Å². The summed E-state index contributed by atoms with van der Waals surface area (Å²) in [6.45, 7) is 1.74. The predicted octanol–water partition coefficient (Wildman–Crippen LogP) is 3.84. The molecule has 1 aliphatic carbocycles. The third-order valence-corrected chi connectivity index (χ3v) is 7.02. The zero-order chi connectivity index (χ0) is 20.7. The zero-order valence-corrected chi connectivity index (χ0v) is 17.8. The first-order valence-corrected chi connectivity index (χ1v) is 11.2. The van der Waals surface area contributed by atoms with E-state index in [1.807, 2.05) is 12.1 Å². The Bertz CT molecular complexity index is 644. The van der Waals surface area contributed by atoms with Gasteiger partial charge in [-0.15, -0.1) is 22.9 Å². The van der Waals surface area contributed by atoms with Crippen molar-refractivity contribution in [3.63, 3.8) is 0 Å². The van der Waals surface area contributed by atoms with Crippen molar-refractivity contribution in [1.82, 2.24) is 0 Å². The summed E-state index contributed by atoms with van der Waals surface area (Å²) < 4.78 is 0. The van der Waals surface area contributed by atoms with E-state index < -0.39 is 18.2 Å². The molecule has 0 aromatic carbocycles. The van der Waals surface area contributed by atoms with Crippen LogP contribution in [0.2, 0.25) is 0 Å². The minimum atomic E-state index is -0.895. The van der Waals surface area contributed by atoms with E-state index in [4.69, 9.17) is 16.7 Å². The van der Waals surface area contributed by atoms with Gasteiger partial charge in [-0.2, -0.15) is 0 Å². The minimum absolute atomic E-state index is 0.0770. The molecule has 0 saturated heterocycles. The highest BCUT2D eigenvalue weighted by Gasteiger charge is 2.39. The Hall–Kier alpha value is -0.920. The molecule has 1 aromatic heterocycles. The molecule has 2 rings (SSSR count). The van der Waals surface area contributed by atoms with Gasteiger partial charge in [-0.3, -0.25) is 0 Å². The lowest BCUT2D eigenvalue weighted by molar-refractivity contribution is 0.0702. The maximum atomic E-state index is 11.0. The van der Waals surface area contributed by atoms with Crippen molar-refractivity contribution in [3.05, 3.63) is 34.0 Å². The number of aromatic carboxylic acids is 1. The van der Waals surface area contributed by atoms with Crippen molar-refractivity contribution in [3.8, 4) is 0 Å². The van der Waals surface area contributed by atoms with Crippen LogP contribution in [0.4, 0.5) is 0 Å². The van der Waals surface area contributed by atoms with E-state index in [1.165, 1.54) is 11.3 Å². The van der Waals surface area contributed by atoms with Crippen LogP contribution in [-0.4, -0.2) is 50.1 Å². The molecule has 5 nitrogen and oxygen atoms in total. The third kappa shape index (κ3) is 7.16. The number of hydrogen-bond donors (Lipinski definition) is 4. The fourth-order valence-electron chi connectivity index (χ4n) is 3.85. The summed E-state index contributed by atoms with van der Waals surface area (Å²) in [6, 6.07) is 3.49. The molecule has 1 aromatic rings. The van der Waals surface area contributed by atoms with Crippen molar-refractivity contribution in [2.45, 2.75) is 75.6 Å². The Kier molecular flexibility index (Phi) is 9.44. The number of carboxylic acid groups (broad SMARTS) is 1. The molecular weight excluding hydrogens is 400 g/mol. The highest BCUT2D eigenvalue weighted by Crippen LogP contribution is 2.40. The second kappa shape index (κ2) is 11.3. The Balaban J connectivity index is 1.84. The molecule has 0 aliphatic heterocycles. The van der Waals surface area contributed by atoms with E-state index in [9.17, 15) is 20.1 Å². The van der Waals surface area contributed by atoms with Crippen molar-refractivity contribution in [2.24, 2.45) is 11.8 Å². The van der Waals surface area contributed by atoms with Crippen LogP contribution in [0.1, 0.15) is 60.0 Å². The van der Waals surface area contributed by atoms with Crippen molar-refractivity contribution < 1.29 is 25.2 Å². The molecule has 4 N–H and O–H groups in total. The van der Waals surface area contributed by atoms with Crippen molar-refractivity contribution in [2.75, 3.05) is 0 Å². The summed E-state index contributed by atoms with van der Waals surface area (Å²) in [4.78, 5) is 12.4. The Morgan fingerprint density at radius 3 is 2.71 bits per heavy atom. The number of halogens is 1. The lowest BCUT2D eigenvalue weighted by atomic mass is 9.89. The molecule has 0 amide bonds. The number of rotatable bonds is 11. The molecule has 28 heavy (non-hydrogen) atoms. The Morgan fingerprint density at radius 2 is 2.07 bits per heavy atom. The molecule has 0 spiro atoms. The summed E-state index contributed by atoms with van der Waals surface area (Å²) in [5.74, 6) is -0.837. The smallest absolute Gasteiger partial charge is 0.345 e. The Labute approximate surface area is 175 Å². The largest absolute Gasteiger partial charge is 0.477 e. The molecule has 0 unspecified atom stereocenters. The Morgan fingerprint density at radius 1 is 1.32 bits per heavy atom. The highest BCUT2D eigenvalue weighted by atomic mass is 35.5. The summed E-state index contributed by atoms with van der Waals surface area (Å²) in [6.07, 6.45) is 7.26. The van der Waals surface area contributed by atoms with Crippen LogP contribution >= 0.6 is 22.9 Å². The molecule has 6 atom stereocenters. The SMILES string of the molecule is C[C@H](O)CCC[C@H](O)C=C[C@H]1[C@@H](CCCc2ccc(C(=O)O)s2)[C@@H](Cl)C[C@H]1O. The maximum Gasteiger partial charge on any atom is 0.345 e. The van der Waals surface area contributed by atoms with E-state index in [2.05, 4.69) is 0 Å². The molecule has 1 saturated carbocycles. The number of aliphatic hydroxyl groups is 3. The van der Waals surface area contributed by atoms with Crippen LogP contribution < -0.4 is 0 Å². The quantitative estimate of drug-likeness (QED) is 0.316. The molecular formula is C21H31ClO5S. The molecule has 1 heterocycles. The van der Waals surface area contributed by atoms with Gasteiger partial charge in [0.25, 0.3) is 0 Å². The topological polar surface area (TPSA) is 98.0 Å². The van der Waals surface area contributed by atoms with E-state index in [0.717, 1.165) is 30.6 Å². The second-order valence-corrected chi connectivity index (χ2v) is 9.48. The van der Waals surface area contributed by atoms with Gasteiger partial charge in [-0.05, 0) is 69.9 Å². The van der Waals surface area contributed by atoms with Crippen LogP contribution in [0.5, 0.6) is 0 Å². The maximum absolute atomic E-state index is 11.0. The zero-order valence-electron chi connectivity index (χ0n) is 16.2. The average molecular weight is 431 g/mol. The number of aliphatic hydroxyl groups excluding tert-OH is 3. The molecule has 158 valence electrons. The van der Waals surface area contributed by atoms with Gasteiger partial charge < -0.3 is 20.4 Å². The molecule has 1 fully saturated rings. The van der Waals surface area contributed by atoms with Crippen molar-refractivity contribution >= 4 is 28.9 Å². The van der Waals surface area contributed by atoms with Gasteiger partial charge in [0, 0.05) is 16.2 Å². The van der Waals surface area contributed by atoms with Crippen LogP contribution in [0.25, 0.3) is 0 Å². The molecule has 7 heteroatoms. The summed E-state index contributed by atoms with van der Waals surface area (Å²) in [5, 5.41) is 38.6. The second-order valence-electron chi connectivity index (χ2n) is 7.76. The van der Waals surface area contributed by atoms with E-state index in [0.29, 0.717) is 24.1 Å². The number of hydrogen-bond acceptors (Lipinski definition) is 5. The number of aryl methyl sites for hydroxylation is 1. The van der Waals surface area contributed by atoms with E-state index in [-0.39, 0.29) is 23.3 Å². The normalized spacial score (nSPS) is 27.3. The summed E-state index contributed by atoms with van der Waals surface area (Å²) in [5.41, 5.74) is 0. The van der Waals surface area contributed by atoms with Crippen LogP contribution in [0, 0.1) is 11.8 Å². The number of carboxylic acids is 1. The first-order valence-electron chi connectivity index (χ1n) is 9.96. The fourth-order valence-corrected chi connectivity index (χ4v) is 5.21. The van der Waals surface area contributed by atoms with Crippen molar-refractivity contribution in [1.29, 1.82) is 0 Å². The first kappa shape index (κ1) is 23.4. The lowest BCUT2D eigenvalue weighted by Gasteiger charge is -2.21. The first-order chi connectivity index (χ1) is 13.3. The summed E-state index contributed by atoms with van der Waals surface area (Å²) in [7, 11) is 0. The van der Waals surface area contributed by atoms with Gasteiger partial charge in [-0.1, -0.05) is 12.2 Å². The predicted molar refractivity (Wildman–Crippen MR) is 112 cm³/mol. The number of alkyl halides is 1. The van der Waals surface area contributed by atoms with Gasteiger partial charge in [0.15, 0.2) is 0 Å². The minimum Gasteiger partial charge on any atom is -0.477 e. The number of thiophene rings is 1. The van der Waals surface area contributed by atoms with Crippen LogP contribution in [0.15, 0.2) is 24.3 Å². The van der Waals surface area contributed by atoms with Crippen LogP contribution in [-0.2, 0) is 6.42 Å².